The monoisotopic (exact) mass is 414 g/mol. The van der Waals surface area contributed by atoms with Gasteiger partial charge in [-0.1, -0.05) is 53.7 Å². The minimum Gasteiger partial charge on any atom is -0.444 e. The molecule has 0 unspecified atom stereocenters. The third kappa shape index (κ3) is 5.48. The molecule has 0 spiro atoms. The number of halogens is 1. The zero-order valence-electron chi connectivity index (χ0n) is 14.5. The molecule has 142 valence electrons. The first kappa shape index (κ1) is 19.7. The molecule has 0 atom stereocenters. The molecule has 1 N–H and O–H groups in total. The topological polar surface area (TPSA) is 81.5 Å². The molecular weight excluding hydrogens is 400 g/mol. The zero-order valence-corrected chi connectivity index (χ0v) is 16.1. The third-order valence-electron chi connectivity index (χ3n) is 3.63. The van der Waals surface area contributed by atoms with Crippen molar-refractivity contribution in [2.75, 3.05) is 5.32 Å². The van der Waals surface area contributed by atoms with E-state index in [4.69, 9.17) is 16.3 Å². The summed E-state index contributed by atoms with van der Waals surface area (Å²) in [5.41, 5.74) is 0.980. The van der Waals surface area contributed by atoms with Crippen molar-refractivity contribution in [2.45, 2.75) is 16.4 Å². The van der Waals surface area contributed by atoms with Crippen molar-refractivity contribution in [1.29, 1.82) is 0 Å². The number of amides is 1. The third-order valence-corrected chi connectivity index (χ3v) is 4.94. The predicted octanol–water partition coefficient (Wildman–Crippen LogP) is 6.15. The lowest BCUT2D eigenvalue weighted by Crippen LogP contribution is -2.13. The Balaban J connectivity index is 1.66. The fraction of sp³-hybridized carbons (Fsp3) is 0.0500. The largest absolute Gasteiger partial charge is 0.444 e. The Hall–Kier alpha value is -3.03. The van der Waals surface area contributed by atoms with E-state index >= 15 is 0 Å². The first-order valence-electron chi connectivity index (χ1n) is 8.21. The highest BCUT2D eigenvalue weighted by atomic mass is 35.5. The number of nitro groups is 1. The Morgan fingerprint density at radius 1 is 1.07 bits per heavy atom. The average molecular weight is 415 g/mol. The Morgan fingerprint density at radius 3 is 2.57 bits per heavy atom. The highest BCUT2D eigenvalue weighted by molar-refractivity contribution is 7.99. The smallest absolute Gasteiger partial charge is 0.411 e. The lowest BCUT2D eigenvalue weighted by Gasteiger charge is -2.09. The molecule has 0 aliphatic carbocycles. The SMILES string of the molecule is O=C(Nc1cccc(Cl)c1)OCc1ccc(Sc2ccccc2)c([N+](=O)[O-])c1. The van der Waals surface area contributed by atoms with Crippen LogP contribution in [-0.2, 0) is 11.3 Å². The molecule has 0 saturated heterocycles. The number of hydrogen-bond donors (Lipinski definition) is 1. The van der Waals surface area contributed by atoms with Gasteiger partial charge in [-0.25, -0.2) is 4.79 Å². The summed E-state index contributed by atoms with van der Waals surface area (Å²) >= 11 is 7.17. The van der Waals surface area contributed by atoms with Gasteiger partial charge in [-0.15, -0.1) is 0 Å². The molecule has 3 aromatic rings. The number of nitrogens with one attached hydrogen (secondary N) is 1. The maximum atomic E-state index is 11.9. The first-order valence-corrected chi connectivity index (χ1v) is 9.40. The molecule has 1 amide bonds. The number of rotatable bonds is 6. The van der Waals surface area contributed by atoms with Crippen molar-refractivity contribution in [3.8, 4) is 0 Å². The van der Waals surface area contributed by atoms with Crippen molar-refractivity contribution in [3.05, 3.63) is 93.5 Å². The molecule has 28 heavy (non-hydrogen) atoms. The number of nitrogens with zero attached hydrogens (tertiary/aromatic N) is 1. The fourth-order valence-corrected chi connectivity index (χ4v) is 3.48. The molecule has 6 nitrogen and oxygen atoms in total. The van der Waals surface area contributed by atoms with Crippen LogP contribution in [0.1, 0.15) is 5.56 Å². The van der Waals surface area contributed by atoms with E-state index in [1.54, 1.807) is 36.4 Å². The summed E-state index contributed by atoms with van der Waals surface area (Å²) in [4.78, 5) is 24.3. The van der Waals surface area contributed by atoms with Crippen LogP contribution in [0.4, 0.5) is 16.2 Å². The Morgan fingerprint density at radius 2 is 1.86 bits per heavy atom. The lowest BCUT2D eigenvalue weighted by molar-refractivity contribution is -0.387. The molecule has 0 heterocycles. The number of anilines is 1. The zero-order chi connectivity index (χ0) is 19.9. The molecule has 3 aromatic carbocycles. The maximum Gasteiger partial charge on any atom is 0.411 e. The van der Waals surface area contributed by atoms with Crippen LogP contribution in [0.5, 0.6) is 0 Å². The van der Waals surface area contributed by atoms with Gasteiger partial charge in [0.2, 0.25) is 0 Å². The number of hydrogen-bond acceptors (Lipinski definition) is 5. The summed E-state index contributed by atoms with van der Waals surface area (Å²) in [6, 6.07) is 20.8. The maximum absolute atomic E-state index is 11.9. The van der Waals surface area contributed by atoms with E-state index in [-0.39, 0.29) is 12.3 Å². The van der Waals surface area contributed by atoms with Crippen LogP contribution in [0.2, 0.25) is 5.02 Å². The normalized spacial score (nSPS) is 10.3. The Kier molecular flexibility index (Phi) is 6.52. The van der Waals surface area contributed by atoms with Gasteiger partial charge in [0.1, 0.15) is 6.61 Å². The van der Waals surface area contributed by atoms with Gasteiger partial charge in [-0.05, 0) is 42.0 Å². The molecule has 0 radical (unpaired) electrons. The van der Waals surface area contributed by atoms with Gasteiger partial charge in [0.05, 0.1) is 9.82 Å². The van der Waals surface area contributed by atoms with E-state index in [0.717, 1.165) is 4.90 Å². The molecule has 0 saturated carbocycles. The number of carbonyl (C=O) groups excluding carboxylic acids is 1. The summed E-state index contributed by atoms with van der Waals surface area (Å²) in [5.74, 6) is 0. The number of nitro benzene ring substituents is 1. The van der Waals surface area contributed by atoms with Crippen LogP contribution in [0.3, 0.4) is 0 Å². The molecular formula is C20H15ClN2O4S. The lowest BCUT2D eigenvalue weighted by atomic mass is 10.2. The fourth-order valence-electron chi connectivity index (χ4n) is 2.37. The van der Waals surface area contributed by atoms with Crippen LogP contribution in [0.25, 0.3) is 0 Å². The van der Waals surface area contributed by atoms with Crippen molar-refractivity contribution in [1.82, 2.24) is 0 Å². The van der Waals surface area contributed by atoms with E-state index in [9.17, 15) is 14.9 Å². The summed E-state index contributed by atoms with van der Waals surface area (Å²) < 4.78 is 5.14. The van der Waals surface area contributed by atoms with Gasteiger partial charge in [0.15, 0.2) is 0 Å². The Bertz CT molecular complexity index is 999. The average Bonchev–Trinajstić information content (AvgIpc) is 2.68. The number of ether oxygens (including phenoxy) is 1. The molecule has 0 fully saturated rings. The van der Waals surface area contributed by atoms with E-state index in [0.29, 0.717) is 21.2 Å². The molecule has 0 aromatic heterocycles. The van der Waals surface area contributed by atoms with Gasteiger partial charge >= 0.3 is 6.09 Å². The van der Waals surface area contributed by atoms with E-state index in [1.807, 2.05) is 30.3 Å². The first-order chi connectivity index (χ1) is 13.5. The van der Waals surface area contributed by atoms with Gasteiger partial charge in [-0.2, -0.15) is 0 Å². The van der Waals surface area contributed by atoms with Gasteiger partial charge < -0.3 is 4.74 Å². The molecule has 0 aliphatic rings. The summed E-state index contributed by atoms with van der Waals surface area (Å²) in [7, 11) is 0. The second-order valence-corrected chi connectivity index (χ2v) is 7.24. The van der Waals surface area contributed by atoms with Crippen LogP contribution in [0.15, 0.2) is 82.6 Å². The van der Waals surface area contributed by atoms with E-state index < -0.39 is 11.0 Å². The van der Waals surface area contributed by atoms with Gasteiger partial charge in [0.25, 0.3) is 5.69 Å². The number of carbonyl (C=O) groups is 1. The second kappa shape index (κ2) is 9.25. The highest BCUT2D eigenvalue weighted by Gasteiger charge is 2.16. The van der Waals surface area contributed by atoms with Gasteiger partial charge in [-0.3, -0.25) is 15.4 Å². The summed E-state index contributed by atoms with van der Waals surface area (Å²) in [6.45, 7) is -0.0937. The summed E-state index contributed by atoms with van der Waals surface area (Å²) in [6.07, 6.45) is -0.673. The van der Waals surface area contributed by atoms with Crippen LogP contribution in [0, 0.1) is 10.1 Å². The van der Waals surface area contributed by atoms with E-state index in [2.05, 4.69) is 5.32 Å². The minimum absolute atomic E-state index is 0.0368. The minimum atomic E-state index is -0.673. The molecule has 0 bridgehead atoms. The highest BCUT2D eigenvalue weighted by Crippen LogP contribution is 2.35. The van der Waals surface area contributed by atoms with Crippen LogP contribution >= 0.6 is 23.4 Å². The molecule has 0 aliphatic heterocycles. The molecule has 3 rings (SSSR count). The van der Waals surface area contributed by atoms with Crippen LogP contribution < -0.4 is 5.32 Å². The summed E-state index contributed by atoms with van der Waals surface area (Å²) in [5, 5.41) is 14.5. The van der Waals surface area contributed by atoms with E-state index in [1.165, 1.54) is 17.8 Å². The quantitative estimate of drug-likeness (QED) is 0.386. The van der Waals surface area contributed by atoms with Crippen molar-refractivity contribution in [3.63, 3.8) is 0 Å². The molecule has 8 heteroatoms. The van der Waals surface area contributed by atoms with Crippen LogP contribution in [-0.4, -0.2) is 11.0 Å². The van der Waals surface area contributed by atoms with Crippen molar-refractivity contribution in [2.24, 2.45) is 0 Å². The Labute approximate surface area is 170 Å². The van der Waals surface area contributed by atoms with Crippen molar-refractivity contribution >= 4 is 40.8 Å². The number of benzene rings is 3. The standard InChI is InChI=1S/C20H15ClN2O4S/c21-15-5-4-6-16(12-15)22-20(24)27-13-14-9-10-19(18(11-14)23(25)26)28-17-7-2-1-3-8-17/h1-12H,13H2,(H,22,24). The second-order valence-electron chi connectivity index (χ2n) is 5.69. The van der Waals surface area contributed by atoms with Gasteiger partial charge in [0, 0.05) is 21.7 Å². The van der Waals surface area contributed by atoms with Crippen molar-refractivity contribution < 1.29 is 14.5 Å². The predicted molar refractivity (Wildman–Crippen MR) is 109 cm³/mol.